The van der Waals surface area contributed by atoms with Crippen LogP contribution >= 0.6 is 0 Å². The van der Waals surface area contributed by atoms with Gasteiger partial charge in [-0.05, 0) is 18.4 Å². The summed E-state index contributed by atoms with van der Waals surface area (Å²) in [5.74, 6) is 1.97. The van der Waals surface area contributed by atoms with Crippen LogP contribution in [0.25, 0.3) is 0 Å². The molecule has 0 saturated carbocycles. The Balaban J connectivity index is 2.82. The highest BCUT2D eigenvalue weighted by Gasteiger charge is 2.17. The third kappa shape index (κ3) is 4.80. The van der Waals surface area contributed by atoms with Crippen molar-refractivity contribution in [1.29, 1.82) is 0 Å². The second kappa shape index (κ2) is 8.48. The Labute approximate surface area is 131 Å². The van der Waals surface area contributed by atoms with E-state index in [1.54, 1.807) is 33.5 Å². The second-order valence-electron chi connectivity index (χ2n) is 5.47. The summed E-state index contributed by atoms with van der Waals surface area (Å²) >= 11 is 0. The molecule has 0 spiro atoms. The van der Waals surface area contributed by atoms with Crippen LogP contribution in [-0.4, -0.2) is 33.3 Å². The molecule has 6 nitrogen and oxygen atoms in total. The van der Waals surface area contributed by atoms with Crippen molar-refractivity contribution in [3.8, 4) is 17.2 Å². The molecule has 0 aromatic heterocycles. The van der Waals surface area contributed by atoms with Crippen LogP contribution in [-0.2, 0) is 11.3 Å². The van der Waals surface area contributed by atoms with Gasteiger partial charge in [0.05, 0.1) is 27.4 Å². The summed E-state index contributed by atoms with van der Waals surface area (Å²) in [7, 11) is 4.69. The topological polar surface area (TPSA) is 82.8 Å². The molecule has 0 saturated heterocycles. The zero-order valence-electron chi connectivity index (χ0n) is 13.9. The lowest BCUT2D eigenvalue weighted by molar-refractivity contribution is -0.122. The third-order valence-corrected chi connectivity index (χ3v) is 3.30. The first-order chi connectivity index (χ1) is 10.4. The standard InChI is InChI=1S/C16H26N2O4/c1-10(2)6-12(17)16(19)18-9-11-7-14(21-4)15(22-5)8-13(11)20-3/h7-8,10,12H,6,9,17H2,1-5H3,(H,18,19)/t12-/m0/s1. The van der Waals surface area contributed by atoms with Crippen molar-refractivity contribution in [3.05, 3.63) is 17.7 Å². The van der Waals surface area contributed by atoms with E-state index in [1.165, 1.54) is 0 Å². The number of nitrogens with one attached hydrogen (secondary N) is 1. The van der Waals surface area contributed by atoms with E-state index in [0.29, 0.717) is 36.1 Å². The minimum absolute atomic E-state index is 0.175. The molecule has 1 atom stereocenters. The number of methoxy groups -OCH3 is 3. The summed E-state index contributed by atoms with van der Waals surface area (Å²) in [6.07, 6.45) is 0.648. The first-order valence-corrected chi connectivity index (χ1v) is 7.25. The number of amides is 1. The highest BCUT2D eigenvalue weighted by Crippen LogP contribution is 2.34. The normalized spacial score (nSPS) is 12.0. The number of nitrogens with two attached hydrogens (primary N) is 1. The van der Waals surface area contributed by atoms with Crippen LogP contribution in [0.2, 0.25) is 0 Å². The molecule has 0 aliphatic rings. The van der Waals surface area contributed by atoms with Gasteiger partial charge in [0.15, 0.2) is 11.5 Å². The Hall–Kier alpha value is -1.95. The Morgan fingerprint density at radius 2 is 1.64 bits per heavy atom. The van der Waals surface area contributed by atoms with E-state index in [9.17, 15) is 4.79 Å². The van der Waals surface area contributed by atoms with Crippen molar-refractivity contribution < 1.29 is 19.0 Å². The molecule has 1 amide bonds. The van der Waals surface area contributed by atoms with Gasteiger partial charge in [-0.1, -0.05) is 13.8 Å². The van der Waals surface area contributed by atoms with Gasteiger partial charge in [-0.2, -0.15) is 0 Å². The van der Waals surface area contributed by atoms with Crippen LogP contribution in [0.5, 0.6) is 17.2 Å². The number of hydrogen-bond donors (Lipinski definition) is 2. The van der Waals surface area contributed by atoms with Crippen molar-refractivity contribution in [2.24, 2.45) is 11.7 Å². The van der Waals surface area contributed by atoms with Gasteiger partial charge in [0.2, 0.25) is 5.91 Å². The van der Waals surface area contributed by atoms with Crippen LogP contribution in [0.1, 0.15) is 25.8 Å². The molecular formula is C16H26N2O4. The maximum atomic E-state index is 12.0. The van der Waals surface area contributed by atoms with Crippen molar-refractivity contribution >= 4 is 5.91 Å². The first kappa shape index (κ1) is 18.1. The number of benzene rings is 1. The van der Waals surface area contributed by atoms with Gasteiger partial charge >= 0.3 is 0 Å². The Morgan fingerprint density at radius 3 is 2.14 bits per heavy atom. The van der Waals surface area contributed by atoms with Gasteiger partial charge in [0.25, 0.3) is 0 Å². The van der Waals surface area contributed by atoms with Crippen LogP contribution in [0.15, 0.2) is 12.1 Å². The maximum absolute atomic E-state index is 12.0. The molecule has 22 heavy (non-hydrogen) atoms. The Bertz CT molecular complexity index is 503. The van der Waals surface area contributed by atoms with Gasteiger partial charge in [0, 0.05) is 18.2 Å². The van der Waals surface area contributed by atoms with Crippen LogP contribution in [0, 0.1) is 5.92 Å². The molecule has 6 heteroatoms. The van der Waals surface area contributed by atoms with Crippen LogP contribution < -0.4 is 25.3 Å². The fourth-order valence-electron chi connectivity index (χ4n) is 2.16. The Kier molecular flexibility index (Phi) is 6.98. The molecule has 0 bridgehead atoms. The molecule has 0 heterocycles. The predicted octanol–water partition coefficient (Wildman–Crippen LogP) is 1.70. The summed E-state index contributed by atoms with van der Waals surface area (Å²) in [5, 5.41) is 2.83. The van der Waals surface area contributed by atoms with E-state index in [1.807, 2.05) is 13.8 Å². The number of ether oxygens (including phenoxy) is 3. The molecule has 0 aliphatic heterocycles. The fraction of sp³-hybridized carbons (Fsp3) is 0.562. The Morgan fingerprint density at radius 1 is 1.09 bits per heavy atom. The smallest absolute Gasteiger partial charge is 0.237 e. The lowest BCUT2D eigenvalue weighted by Crippen LogP contribution is -2.41. The van der Waals surface area contributed by atoms with Crippen molar-refractivity contribution in [3.63, 3.8) is 0 Å². The summed E-state index contributed by atoms with van der Waals surface area (Å²) < 4.78 is 15.8. The number of hydrogen-bond acceptors (Lipinski definition) is 5. The monoisotopic (exact) mass is 310 g/mol. The molecule has 0 radical (unpaired) electrons. The van der Waals surface area contributed by atoms with E-state index in [-0.39, 0.29) is 5.91 Å². The number of rotatable bonds is 8. The third-order valence-electron chi connectivity index (χ3n) is 3.30. The molecular weight excluding hydrogens is 284 g/mol. The SMILES string of the molecule is COc1cc(OC)c(OC)cc1CNC(=O)[C@@H](N)CC(C)C. The van der Waals surface area contributed by atoms with Crippen LogP contribution in [0.4, 0.5) is 0 Å². The minimum atomic E-state index is -0.508. The summed E-state index contributed by atoms with van der Waals surface area (Å²) in [4.78, 5) is 12.0. The van der Waals surface area contributed by atoms with Gasteiger partial charge in [-0.15, -0.1) is 0 Å². The lowest BCUT2D eigenvalue weighted by atomic mass is 10.0. The second-order valence-corrected chi connectivity index (χ2v) is 5.47. The summed E-state index contributed by atoms with van der Waals surface area (Å²) in [6.45, 7) is 4.38. The molecule has 0 unspecified atom stereocenters. The molecule has 0 fully saturated rings. The quantitative estimate of drug-likeness (QED) is 0.763. The van der Waals surface area contributed by atoms with Crippen LogP contribution in [0.3, 0.4) is 0 Å². The van der Waals surface area contributed by atoms with E-state index < -0.39 is 6.04 Å². The summed E-state index contributed by atoms with van der Waals surface area (Å²) in [6, 6.07) is 3.01. The average molecular weight is 310 g/mol. The van der Waals surface area contributed by atoms with Gasteiger partial charge in [-0.25, -0.2) is 0 Å². The average Bonchev–Trinajstić information content (AvgIpc) is 2.50. The predicted molar refractivity (Wildman–Crippen MR) is 85.4 cm³/mol. The zero-order valence-corrected chi connectivity index (χ0v) is 13.9. The minimum Gasteiger partial charge on any atom is -0.496 e. The van der Waals surface area contributed by atoms with E-state index in [4.69, 9.17) is 19.9 Å². The zero-order chi connectivity index (χ0) is 16.7. The molecule has 124 valence electrons. The largest absolute Gasteiger partial charge is 0.496 e. The molecule has 0 aliphatic carbocycles. The van der Waals surface area contributed by atoms with Gasteiger partial charge in [-0.3, -0.25) is 4.79 Å². The van der Waals surface area contributed by atoms with Gasteiger partial charge in [0.1, 0.15) is 5.75 Å². The van der Waals surface area contributed by atoms with E-state index in [2.05, 4.69) is 5.32 Å². The van der Waals surface area contributed by atoms with Gasteiger partial charge < -0.3 is 25.3 Å². The molecule has 1 aromatic carbocycles. The van der Waals surface area contributed by atoms with Crippen molar-refractivity contribution in [2.75, 3.05) is 21.3 Å². The highest BCUT2D eigenvalue weighted by atomic mass is 16.5. The van der Waals surface area contributed by atoms with Crippen molar-refractivity contribution in [1.82, 2.24) is 5.32 Å². The molecule has 1 rings (SSSR count). The lowest BCUT2D eigenvalue weighted by Gasteiger charge is -2.17. The van der Waals surface area contributed by atoms with E-state index in [0.717, 1.165) is 5.56 Å². The molecule has 3 N–H and O–H groups in total. The fourth-order valence-corrected chi connectivity index (χ4v) is 2.16. The maximum Gasteiger partial charge on any atom is 0.237 e. The number of carbonyl (C=O) groups is 1. The highest BCUT2D eigenvalue weighted by molar-refractivity contribution is 5.81. The summed E-state index contributed by atoms with van der Waals surface area (Å²) in [5.41, 5.74) is 6.66. The molecule has 1 aromatic rings. The number of carbonyl (C=O) groups excluding carboxylic acids is 1. The van der Waals surface area contributed by atoms with Crippen molar-refractivity contribution in [2.45, 2.75) is 32.9 Å². The first-order valence-electron chi connectivity index (χ1n) is 7.25. The van der Waals surface area contributed by atoms with E-state index >= 15 is 0 Å².